The lowest BCUT2D eigenvalue weighted by atomic mass is 9.59. The van der Waals surface area contributed by atoms with Crippen LogP contribution in [0.2, 0.25) is 0 Å². The van der Waals surface area contributed by atoms with Crippen molar-refractivity contribution in [2.24, 2.45) is 11.3 Å². The topological polar surface area (TPSA) is 78.9 Å². The van der Waals surface area contributed by atoms with Crippen LogP contribution >= 0.6 is 11.6 Å². The summed E-state index contributed by atoms with van der Waals surface area (Å²) in [5.74, 6) is -3.41. The molecule has 96 valence electrons. The highest BCUT2D eigenvalue weighted by molar-refractivity contribution is 6.28. The first-order chi connectivity index (χ1) is 7.96. The molecule has 0 N–H and O–H groups in total. The molecule has 0 aromatic rings. The van der Waals surface area contributed by atoms with Crippen molar-refractivity contribution in [1.82, 2.24) is 0 Å². The largest absolute Gasteiger partial charge is 0.469 e. The quantitative estimate of drug-likeness (QED) is 0.312. The first kappa shape index (κ1) is 13.8. The second-order valence-corrected chi connectivity index (χ2v) is 4.16. The van der Waals surface area contributed by atoms with Gasteiger partial charge < -0.3 is 14.2 Å². The maximum atomic E-state index is 11.7. The van der Waals surface area contributed by atoms with Gasteiger partial charge in [-0.25, -0.2) is 0 Å². The van der Waals surface area contributed by atoms with Crippen LogP contribution < -0.4 is 0 Å². The van der Waals surface area contributed by atoms with Crippen molar-refractivity contribution in [2.45, 2.75) is 11.8 Å². The minimum Gasteiger partial charge on any atom is -0.469 e. The molecular weight excluding hydrogens is 252 g/mol. The van der Waals surface area contributed by atoms with E-state index in [0.717, 1.165) is 14.2 Å². The van der Waals surface area contributed by atoms with Gasteiger partial charge in [-0.15, -0.1) is 11.6 Å². The number of hydrogen-bond donors (Lipinski definition) is 0. The van der Waals surface area contributed by atoms with Gasteiger partial charge in [-0.2, -0.15) is 0 Å². The fraction of sp³-hybridized carbons (Fsp3) is 0.700. The van der Waals surface area contributed by atoms with E-state index in [1.807, 2.05) is 0 Å². The van der Waals surface area contributed by atoms with Crippen molar-refractivity contribution in [3.8, 4) is 0 Å². The van der Waals surface area contributed by atoms with Crippen LogP contribution in [0.1, 0.15) is 6.42 Å². The molecule has 0 amide bonds. The zero-order valence-electron chi connectivity index (χ0n) is 9.69. The SMILES string of the molecule is COC(=O)[C@H]1C[C@H](Cl)C1(C(=O)OC)C(=O)OC. The van der Waals surface area contributed by atoms with Gasteiger partial charge in [0, 0.05) is 0 Å². The number of alkyl halides is 1. The zero-order valence-corrected chi connectivity index (χ0v) is 10.4. The molecule has 6 nitrogen and oxygen atoms in total. The van der Waals surface area contributed by atoms with Crippen LogP contribution in [0.25, 0.3) is 0 Å². The fourth-order valence-corrected chi connectivity index (χ4v) is 2.53. The van der Waals surface area contributed by atoms with Gasteiger partial charge >= 0.3 is 17.9 Å². The summed E-state index contributed by atoms with van der Waals surface area (Å²) in [7, 11) is 3.40. The van der Waals surface area contributed by atoms with E-state index in [1.165, 1.54) is 7.11 Å². The predicted molar refractivity (Wildman–Crippen MR) is 56.2 cm³/mol. The molecule has 0 saturated heterocycles. The Kier molecular flexibility index (Phi) is 3.98. The lowest BCUT2D eigenvalue weighted by Gasteiger charge is -2.46. The number of esters is 3. The molecule has 0 heterocycles. The average Bonchev–Trinajstić information content (AvgIpc) is 2.34. The summed E-state index contributed by atoms with van der Waals surface area (Å²) in [5.41, 5.74) is -1.79. The Bertz CT molecular complexity index is 337. The van der Waals surface area contributed by atoms with E-state index < -0.39 is 34.6 Å². The number of rotatable bonds is 3. The first-order valence-electron chi connectivity index (χ1n) is 4.85. The Morgan fingerprint density at radius 1 is 1.06 bits per heavy atom. The lowest BCUT2D eigenvalue weighted by Crippen LogP contribution is -2.64. The summed E-state index contributed by atoms with van der Waals surface area (Å²) in [6.45, 7) is 0. The summed E-state index contributed by atoms with van der Waals surface area (Å²) in [4.78, 5) is 35.0. The highest BCUT2D eigenvalue weighted by atomic mass is 35.5. The summed E-state index contributed by atoms with van der Waals surface area (Å²) < 4.78 is 13.6. The van der Waals surface area contributed by atoms with Crippen molar-refractivity contribution >= 4 is 29.5 Å². The van der Waals surface area contributed by atoms with E-state index in [1.54, 1.807) is 0 Å². The Morgan fingerprint density at radius 3 is 1.82 bits per heavy atom. The number of carbonyl (C=O) groups is 3. The van der Waals surface area contributed by atoms with Gasteiger partial charge in [0.25, 0.3) is 0 Å². The van der Waals surface area contributed by atoms with Gasteiger partial charge in [0.2, 0.25) is 0 Å². The molecule has 1 rings (SSSR count). The Morgan fingerprint density at radius 2 is 1.53 bits per heavy atom. The van der Waals surface area contributed by atoms with Crippen molar-refractivity contribution < 1.29 is 28.6 Å². The second kappa shape index (κ2) is 4.91. The average molecular weight is 265 g/mol. The van der Waals surface area contributed by atoms with Crippen molar-refractivity contribution in [3.05, 3.63) is 0 Å². The van der Waals surface area contributed by atoms with E-state index in [4.69, 9.17) is 11.6 Å². The summed E-state index contributed by atoms with van der Waals surface area (Å²) in [6, 6.07) is 0. The molecule has 1 fully saturated rings. The van der Waals surface area contributed by atoms with Crippen LogP contribution in [-0.4, -0.2) is 44.6 Å². The third-order valence-electron chi connectivity index (χ3n) is 3.02. The van der Waals surface area contributed by atoms with Crippen molar-refractivity contribution in [2.75, 3.05) is 21.3 Å². The Hall–Kier alpha value is -1.30. The van der Waals surface area contributed by atoms with Crippen LogP contribution in [0.4, 0.5) is 0 Å². The third-order valence-corrected chi connectivity index (χ3v) is 3.54. The normalized spacial score (nSPS) is 25.4. The summed E-state index contributed by atoms with van der Waals surface area (Å²) in [6.07, 6.45) is 0.165. The smallest absolute Gasteiger partial charge is 0.325 e. The van der Waals surface area contributed by atoms with E-state index in [9.17, 15) is 14.4 Å². The van der Waals surface area contributed by atoms with E-state index >= 15 is 0 Å². The van der Waals surface area contributed by atoms with Gasteiger partial charge in [0.15, 0.2) is 5.41 Å². The maximum absolute atomic E-state index is 11.7. The molecule has 1 aliphatic carbocycles. The number of hydrogen-bond acceptors (Lipinski definition) is 6. The molecule has 7 heteroatoms. The van der Waals surface area contributed by atoms with E-state index in [-0.39, 0.29) is 6.42 Å². The third kappa shape index (κ3) is 1.76. The molecule has 0 aromatic heterocycles. The van der Waals surface area contributed by atoms with Crippen molar-refractivity contribution in [1.29, 1.82) is 0 Å². The summed E-state index contributed by atoms with van der Waals surface area (Å²) in [5, 5.41) is -0.841. The first-order valence-corrected chi connectivity index (χ1v) is 5.29. The number of methoxy groups -OCH3 is 3. The minimum absolute atomic E-state index is 0.165. The molecule has 0 bridgehead atoms. The highest BCUT2D eigenvalue weighted by Crippen LogP contribution is 2.52. The predicted octanol–water partition coefficient (Wildman–Crippen LogP) is 0.119. The van der Waals surface area contributed by atoms with Gasteiger partial charge in [0.05, 0.1) is 32.6 Å². The van der Waals surface area contributed by atoms with Crippen LogP contribution in [0.3, 0.4) is 0 Å². The lowest BCUT2D eigenvalue weighted by molar-refractivity contribution is -0.190. The number of halogens is 1. The number of carbonyl (C=O) groups excluding carboxylic acids is 3. The van der Waals surface area contributed by atoms with Gasteiger partial charge in [-0.3, -0.25) is 14.4 Å². The van der Waals surface area contributed by atoms with Gasteiger partial charge in [-0.05, 0) is 6.42 Å². The second-order valence-electron chi connectivity index (χ2n) is 3.63. The molecule has 1 saturated carbocycles. The highest BCUT2D eigenvalue weighted by Gasteiger charge is 2.70. The molecule has 0 aromatic carbocycles. The molecule has 17 heavy (non-hydrogen) atoms. The molecule has 2 atom stereocenters. The monoisotopic (exact) mass is 264 g/mol. The molecular formula is C10H13ClO6. The Balaban J connectivity index is 3.16. The minimum atomic E-state index is -1.79. The van der Waals surface area contributed by atoms with Gasteiger partial charge in [-0.1, -0.05) is 0 Å². The molecule has 0 spiro atoms. The zero-order chi connectivity index (χ0) is 13.2. The standard InChI is InChI=1S/C10H13ClO6/c1-15-7(12)5-4-6(11)10(5,8(13)16-2)9(14)17-3/h5-6H,4H2,1-3H3/t5-,6+/m1/s1. The molecule has 1 aliphatic rings. The summed E-state index contributed by atoms with van der Waals surface area (Å²) >= 11 is 5.91. The van der Waals surface area contributed by atoms with E-state index in [0.29, 0.717) is 0 Å². The molecule has 0 unspecified atom stereocenters. The fourth-order valence-electron chi connectivity index (χ4n) is 2.02. The number of ether oxygens (including phenoxy) is 3. The van der Waals surface area contributed by atoms with E-state index in [2.05, 4.69) is 14.2 Å². The van der Waals surface area contributed by atoms with Crippen LogP contribution in [-0.2, 0) is 28.6 Å². The van der Waals surface area contributed by atoms with Crippen LogP contribution in [0.5, 0.6) is 0 Å². The van der Waals surface area contributed by atoms with Crippen LogP contribution in [0.15, 0.2) is 0 Å². The van der Waals surface area contributed by atoms with Gasteiger partial charge in [0.1, 0.15) is 0 Å². The Labute approximate surface area is 103 Å². The van der Waals surface area contributed by atoms with Crippen molar-refractivity contribution in [3.63, 3.8) is 0 Å². The van der Waals surface area contributed by atoms with Crippen LogP contribution in [0, 0.1) is 11.3 Å². The maximum Gasteiger partial charge on any atom is 0.325 e. The molecule has 0 aliphatic heterocycles. The molecule has 0 radical (unpaired) electrons.